The summed E-state index contributed by atoms with van der Waals surface area (Å²) in [5, 5.41) is 7.82. The van der Waals surface area contributed by atoms with Crippen LogP contribution in [0.5, 0.6) is 0 Å². The molecule has 1 N–H and O–H groups in total. The Labute approximate surface area is 141 Å². The summed E-state index contributed by atoms with van der Waals surface area (Å²) in [4.78, 5) is 4.71. The largest absolute Gasteiger partial charge is 0.373 e. The second-order valence-corrected chi connectivity index (χ2v) is 6.49. The van der Waals surface area contributed by atoms with E-state index in [2.05, 4.69) is 46.4 Å². The van der Waals surface area contributed by atoms with Crippen molar-refractivity contribution in [3.8, 4) is 0 Å². The van der Waals surface area contributed by atoms with E-state index in [1.807, 2.05) is 24.0 Å². The van der Waals surface area contributed by atoms with Crippen LogP contribution >= 0.6 is 0 Å². The first-order valence-corrected chi connectivity index (χ1v) is 8.43. The van der Waals surface area contributed by atoms with E-state index in [0.29, 0.717) is 5.92 Å². The number of aromatic nitrogens is 4. The molecule has 1 fully saturated rings. The molecule has 0 radical (unpaired) electrons. The average Bonchev–Trinajstić information content (AvgIpc) is 3.28. The number of hydrogen-bond acceptors (Lipinski definition) is 4. The molecule has 6 nitrogen and oxygen atoms in total. The number of rotatable bonds is 5. The highest BCUT2D eigenvalue weighted by atomic mass is 16.5. The second-order valence-electron chi connectivity index (χ2n) is 6.49. The molecule has 24 heavy (non-hydrogen) atoms. The highest BCUT2D eigenvalue weighted by Crippen LogP contribution is 2.33. The molecule has 1 aromatic carbocycles. The third-order valence-electron chi connectivity index (χ3n) is 4.84. The fourth-order valence-corrected chi connectivity index (χ4v) is 3.52. The highest BCUT2D eigenvalue weighted by Gasteiger charge is 2.30. The van der Waals surface area contributed by atoms with Crippen LogP contribution in [0, 0.1) is 5.92 Å². The van der Waals surface area contributed by atoms with Gasteiger partial charge in [0, 0.05) is 44.9 Å². The Bertz CT molecular complexity index is 837. The summed E-state index contributed by atoms with van der Waals surface area (Å²) < 4.78 is 9.92. The number of imidazole rings is 1. The zero-order chi connectivity index (χ0) is 16.5. The quantitative estimate of drug-likeness (QED) is 0.781. The molecule has 1 saturated heterocycles. The van der Waals surface area contributed by atoms with E-state index in [4.69, 9.17) is 9.72 Å². The van der Waals surface area contributed by atoms with E-state index in [1.165, 1.54) is 11.1 Å². The topological polar surface area (TPSA) is 56.9 Å². The van der Waals surface area contributed by atoms with Crippen LogP contribution in [0.1, 0.15) is 23.9 Å². The van der Waals surface area contributed by atoms with Gasteiger partial charge in [0.15, 0.2) is 0 Å². The molecule has 0 aliphatic carbocycles. The molecule has 1 aliphatic heterocycles. The van der Waals surface area contributed by atoms with Crippen LogP contribution in [0.4, 0.5) is 0 Å². The van der Waals surface area contributed by atoms with E-state index in [1.54, 1.807) is 0 Å². The molecule has 1 aliphatic rings. The Morgan fingerprint density at radius 3 is 2.96 bits per heavy atom. The number of hydrogen-bond donors (Lipinski definition) is 1. The van der Waals surface area contributed by atoms with Gasteiger partial charge in [-0.2, -0.15) is 5.10 Å². The average molecular weight is 325 g/mol. The van der Waals surface area contributed by atoms with Crippen molar-refractivity contribution in [1.82, 2.24) is 24.6 Å². The molecule has 0 saturated carbocycles. The van der Waals surface area contributed by atoms with Crippen LogP contribution in [0.2, 0.25) is 0 Å². The lowest BCUT2D eigenvalue weighted by atomic mass is 9.97. The Balaban J connectivity index is 1.40. The van der Waals surface area contributed by atoms with Gasteiger partial charge in [-0.1, -0.05) is 12.1 Å². The van der Waals surface area contributed by atoms with Crippen molar-refractivity contribution in [2.45, 2.75) is 19.1 Å². The number of aryl methyl sites for hydroxylation is 2. The van der Waals surface area contributed by atoms with Crippen molar-refractivity contribution < 1.29 is 4.74 Å². The fraction of sp³-hybridized carbons (Fsp3) is 0.444. The predicted molar refractivity (Wildman–Crippen MR) is 92.4 cm³/mol. The first kappa shape index (κ1) is 15.4. The molecule has 0 spiro atoms. The first-order chi connectivity index (χ1) is 11.7. The Hall–Kier alpha value is -2.18. The molecule has 3 heterocycles. The van der Waals surface area contributed by atoms with Crippen molar-refractivity contribution in [1.29, 1.82) is 0 Å². The van der Waals surface area contributed by atoms with Gasteiger partial charge in [0.05, 0.1) is 29.9 Å². The molecule has 0 amide bonds. The third kappa shape index (κ3) is 2.83. The highest BCUT2D eigenvalue weighted by molar-refractivity contribution is 5.75. The summed E-state index contributed by atoms with van der Waals surface area (Å²) >= 11 is 0. The summed E-state index contributed by atoms with van der Waals surface area (Å²) in [5.41, 5.74) is 3.39. The molecular formula is C18H23N5O. The zero-order valence-corrected chi connectivity index (χ0v) is 14.1. The smallest absolute Gasteiger partial charge is 0.123 e. The number of para-hydroxylation sites is 2. The van der Waals surface area contributed by atoms with E-state index in [-0.39, 0.29) is 6.10 Å². The second kappa shape index (κ2) is 6.37. The van der Waals surface area contributed by atoms with E-state index in [0.717, 1.165) is 37.5 Å². The number of benzene rings is 1. The SMILES string of the molecule is Cn1cc([C@H]2OCC[C@@H]2CNCc2nc3ccccc3n2C)cn1. The summed E-state index contributed by atoms with van der Waals surface area (Å²) in [5.74, 6) is 1.54. The molecule has 4 rings (SSSR count). The van der Waals surface area contributed by atoms with Crippen molar-refractivity contribution >= 4 is 11.0 Å². The predicted octanol–water partition coefficient (Wildman–Crippen LogP) is 2.17. The van der Waals surface area contributed by atoms with Crippen LogP contribution in [-0.2, 0) is 25.4 Å². The van der Waals surface area contributed by atoms with Gasteiger partial charge in [0.1, 0.15) is 5.82 Å². The summed E-state index contributed by atoms with van der Waals surface area (Å²) in [7, 11) is 4.01. The van der Waals surface area contributed by atoms with Crippen LogP contribution in [0.25, 0.3) is 11.0 Å². The lowest BCUT2D eigenvalue weighted by Gasteiger charge is -2.17. The lowest BCUT2D eigenvalue weighted by molar-refractivity contribution is 0.0903. The molecule has 0 unspecified atom stereocenters. The minimum Gasteiger partial charge on any atom is -0.373 e. The van der Waals surface area contributed by atoms with Gasteiger partial charge in [0.2, 0.25) is 0 Å². The van der Waals surface area contributed by atoms with Crippen molar-refractivity contribution in [3.63, 3.8) is 0 Å². The van der Waals surface area contributed by atoms with E-state index in [9.17, 15) is 0 Å². The maximum atomic E-state index is 5.93. The van der Waals surface area contributed by atoms with Gasteiger partial charge in [-0.05, 0) is 18.6 Å². The van der Waals surface area contributed by atoms with Crippen LogP contribution < -0.4 is 5.32 Å². The minimum absolute atomic E-state index is 0.145. The number of nitrogens with one attached hydrogen (secondary N) is 1. The third-order valence-corrected chi connectivity index (χ3v) is 4.84. The molecular weight excluding hydrogens is 302 g/mol. The maximum absolute atomic E-state index is 5.93. The summed E-state index contributed by atoms with van der Waals surface area (Å²) in [6.07, 6.45) is 5.18. The van der Waals surface area contributed by atoms with E-state index >= 15 is 0 Å². The molecule has 6 heteroatoms. The first-order valence-electron chi connectivity index (χ1n) is 8.43. The maximum Gasteiger partial charge on any atom is 0.123 e. The molecule has 2 atom stereocenters. The summed E-state index contributed by atoms with van der Waals surface area (Å²) in [6, 6.07) is 8.24. The number of nitrogens with zero attached hydrogens (tertiary/aromatic N) is 4. The molecule has 3 aromatic rings. The van der Waals surface area contributed by atoms with Crippen molar-refractivity contribution in [3.05, 3.63) is 48.0 Å². The monoisotopic (exact) mass is 325 g/mol. The fourth-order valence-electron chi connectivity index (χ4n) is 3.52. The van der Waals surface area contributed by atoms with Gasteiger partial charge in [-0.25, -0.2) is 4.98 Å². The lowest BCUT2D eigenvalue weighted by Crippen LogP contribution is -2.25. The van der Waals surface area contributed by atoms with Gasteiger partial charge >= 0.3 is 0 Å². The normalized spacial score (nSPS) is 20.9. The number of ether oxygens (including phenoxy) is 1. The van der Waals surface area contributed by atoms with Gasteiger partial charge < -0.3 is 14.6 Å². The Morgan fingerprint density at radius 1 is 1.29 bits per heavy atom. The van der Waals surface area contributed by atoms with Gasteiger partial charge in [0.25, 0.3) is 0 Å². The standard InChI is InChI=1S/C18H23N5O/c1-22-12-14(10-20-22)18-13(7-8-24-18)9-19-11-17-21-15-5-3-4-6-16(15)23(17)2/h3-6,10,12-13,18-19H,7-9,11H2,1-2H3/t13-,18+/m1/s1. The minimum atomic E-state index is 0.145. The van der Waals surface area contributed by atoms with Crippen molar-refractivity contribution in [2.24, 2.45) is 20.0 Å². The van der Waals surface area contributed by atoms with Gasteiger partial charge in [-0.15, -0.1) is 0 Å². The van der Waals surface area contributed by atoms with Gasteiger partial charge in [-0.3, -0.25) is 4.68 Å². The molecule has 0 bridgehead atoms. The molecule has 2 aromatic heterocycles. The van der Waals surface area contributed by atoms with E-state index < -0.39 is 0 Å². The van der Waals surface area contributed by atoms with Crippen LogP contribution in [0.15, 0.2) is 36.7 Å². The summed E-state index contributed by atoms with van der Waals surface area (Å²) in [6.45, 7) is 2.50. The van der Waals surface area contributed by atoms with Crippen LogP contribution in [0.3, 0.4) is 0 Å². The zero-order valence-electron chi connectivity index (χ0n) is 14.1. The Kier molecular flexibility index (Phi) is 4.08. The number of fused-ring (bicyclic) bond motifs is 1. The molecule has 126 valence electrons. The Morgan fingerprint density at radius 2 is 2.17 bits per heavy atom. The van der Waals surface area contributed by atoms with Crippen LogP contribution in [-0.4, -0.2) is 32.5 Å². The van der Waals surface area contributed by atoms with Crippen molar-refractivity contribution in [2.75, 3.05) is 13.2 Å².